The van der Waals surface area contributed by atoms with Gasteiger partial charge >= 0.3 is 0 Å². The van der Waals surface area contributed by atoms with Gasteiger partial charge in [0.2, 0.25) is 0 Å². The van der Waals surface area contributed by atoms with Crippen LogP contribution >= 0.6 is 27.3 Å². The van der Waals surface area contributed by atoms with E-state index in [2.05, 4.69) is 55.2 Å². The summed E-state index contributed by atoms with van der Waals surface area (Å²) in [5.41, 5.74) is 5.77. The van der Waals surface area contributed by atoms with Crippen LogP contribution in [0.1, 0.15) is 11.8 Å². The number of halogens is 1. The lowest BCUT2D eigenvalue weighted by Crippen LogP contribution is -2.31. The van der Waals surface area contributed by atoms with Gasteiger partial charge in [0, 0.05) is 24.4 Å². The smallest absolute Gasteiger partial charge is 0.148 e. The molecule has 0 aromatic carbocycles. The lowest BCUT2D eigenvalue weighted by molar-refractivity contribution is 0.678. The number of nitrogen functional groups attached to an aromatic ring is 1. The van der Waals surface area contributed by atoms with Crippen molar-refractivity contribution in [3.63, 3.8) is 0 Å². The number of hydrogen-bond donors (Lipinski definition) is 1. The molecule has 1 unspecified atom stereocenters. The Morgan fingerprint density at radius 2 is 2.28 bits per heavy atom. The second-order valence-corrected chi connectivity index (χ2v) is 5.97. The number of aromatic nitrogens is 2. The third kappa shape index (κ3) is 2.81. The number of nitrogens with zero attached hydrogens (tertiary/aromatic N) is 3. The van der Waals surface area contributed by atoms with Gasteiger partial charge in [0.1, 0.15) is 22.4 Å². The first kappa shape index (κ1) is 13.3. The Hall–Kier alpha value is -1.14. The molecule has 2 heterocycles. The molecule has 2 aromatic rings. The fraction of sp³-hybridized carbons (Fsp3) is 0.333. The van der Waals surface area contributed by atoms with Crippen LogP contribution < -0.4 is 10.6 Å². The summed E-state index contributed by atoms with van der Waals surface area (Å²) in [6, 6.07) is 4.57. The van der Waals surface area contributed by atoms with Crippen LogP contribution in [0.15, 0.2) is 28.3 Å². The van der Waals surface area contributed by atoms with Gasteiger partial charge in [-0.15, -0.1) is 11.3 Å². The molecule has 4 nitrogen and oxygen atoms in total. The topological polar surface area (TPSA) is 55.0 Å². The Balaban J connectivity index is 2.15. The van der Waals surface area contributed by atoms with E-state index >= 15 is 0 Å². The van der Waals surface area contributed by atoms with Crippen molar-refractivity contribution in [1.29, 1.82) is 0 Å². The Kier molecular flexibility index (Phi) is 4.19. The predicted molar refractivity (Wildman–Crippen MR) is 80.0 cm³/mol. The van der Waals surface area contributed by atoms with Crippen molar-refractivity contribution in [1.82, 2.24) is 9.97 Å². The summed E-state index contributed by atoms with van der Waals surface area (Å²) >= 11 is 5.21. The Bertz CT molecular complexity index is 515. The molecule has 0 saturated heterocycles. The molecule has 18 heavy (non-hydrogen) atoms. The number of hydrogen-bond acceptors (Lipinski definition) is 5. The first-order valence-corrected chi connectivity index (χ1v) is 7.28. The maximum Gasteiger partial charge on any atom is 0.148 e. The van der Waals surface area contributed by atoms with Crippen LogP contribution in [-0.4, -0.2) is 23.1 Å². The summed E-state index contributed by atoms with van der Waals surface area (Å²) < 4.78 is 0.755. The van der Waals surface area contributed by atoms with Gasteiger partial charge in [0.15, 0.2) is 0 Å². The number of thiophene rings is 1. The summed E-state index contributed by atoms with van der Waals surface area (Å²) in [5.74, 6) is 1.29. The molecule has 0 bridgehead atoms. The summed E-state index contributed by atoms with van der Waals surface area (Å²) in [5, 5.41) is 2.10. The van der Waals surface area contributed by atoms with Gasteiger partial charge in [-0.25, -0.2) is 9.97 Å². The highest BCUT2D eigenvalue weighted by atomic mass is 79.9. The fourth-order valence-corrected chi connectivity index (χ4v) is 3.00. The van der Waals surface area contributed by atoms with E-state index in [0.717, 1.165) is 16.7 Å². The molecule has 1 atom stereocenters. The summed E-state index contributed by atoms with van der Waals surface area (Å²) in [7, 11) is 2.02. The minimum absolute atomic E-state index is 0.342. The number of anilines is 2. The lowest BCUT2D eigenvalue weighted by Gasteiger charge is -2.26. The zero-order chi connectivity index (χ0) is 13.1. The van der Waals surface area contributed by atoms with Crippen molar-refractivity contribution in [2.24, 2.45) is 0 Å². The van der Waals surface area contributed by atoms with Crippen LogP contribution in [0.5, 0.6) is 0 Å². The van der Waals surface area contributed by atoms with E-state index < -0.39 is 0 Å². The maximum absolute atomic E-state index is 5.77. The second kappa shape index (κ2) is 5.67. The van der Waals surface area contributed by atoms with Crippen molar-refractivity contribution >= 4 is 38.9 Å². The average Bonchev–Trinajstić information content (AvgIpc) is 2.84. The molecule has 0 amide bonds. The molecular weight excluding hydrogens is 312 g/mol. The minimum atomic E-state index is 0.342. The monoisotopic (exact) mass is 326 g/mol. The van der Waals surface area contributed by atoms with Crippen molar-refractivity contribution in [3.05, 3.63) is 33.2 Å². The molecule has 0 spiro atoms. The normalized spacial score (nSPS) is 12.4. The standard InChI is InChI=1S/C12H15BrN4S/c1-8(6-9-4-3-5-18-9)17(2)12-10(13)11(14)15-7-16-12/h3-5,7-8H,6H2,1-2H3,(H2,14,15,16). The highest BCUT2D eigenvalue weighted by Gasteiger charge is 2.16. The van der Waals surface area contributed by atoms with Crippen molar-refractivity contribution in [3.8, 4) is 0 Å². The van der Waals surface area contributed by atoms with Gasteiger partial charge in [0.05, 0.1) is 0 Å². The van der Waals surface area contributed by atoms with Gasteiger partial charge in [-0.3, -0.25) is 0 Å². The maximum atomic E-state index is 5.77. The van der Waals surface area contributed by atoms with Crippen LogP contribution in [-0.2, 0) is 6.42 Å². The summed E-state index contributed by atoms with van der Waals surface area (Å²) in [4.78, 5) is 11.7. The highest BCUT2D eigenvalue weighted by molar-refractivity contribution is 9.10. The summed E-state index contributed by atoms with van der Waals surface area (Å²) in [6.45, 7) is 2.17. The number of likely N-dealkylation sites (N-methyl/N-ethyl adjacent to an activating group) is 1. The largest absolute Gasteiger partial charge is 0.383 e. The zero-order valence-corrected chi connectivity index (χ0v) is 12.7. The SMILES string of the molecule is CC(Cc1cccs1)N(C)c1ncnc(N)c1Br. The van der Waals surface area contributed by atoms with Gasteiger partial charge in [-0.05, 0) is 34.3 Å². The van der Waals surface area contributed by atoms with E-state index in [1.165, 1.54) is 11.2 Å². The zero-order valence-electron chi connectivity index (χ0n) is 10.3. The van der Waals surface area contributed by atoms with Gasteiger partial charge in [0.25, 0.3) is 0 Å². The lowest BCUT2D eigenvalue weighted by atomic mass is 10.2. The summed E-state index contributed by atoms with van der Waals surface area (Å²) in [6.07, 6.45) is 2.48. The van der Waals surface area contributed by atoms with E-state index in [4.69, 9.17) is 5.73 Å². The number of nitrogens with two attached hydrogens (primary N) is 1. The second-order valence-electron chi connectivity index (χ2n) is 4.14. The molecular formula is C12H15BrN4S. The van der Waals surface area contributed by atoms with E-state index in [1.807, 2.05) is 7.05 Å². The molecule has 2 aromatic heterocycles. The molecule has 0 aliphatic rings. The third-order valence-electron chi connectivity index (χ3n) is 2.87. The molecule has 0 saturated carbocycles. The van der Waals surface area contributed by atoms with Crippen LogP contribution in [0.3, 0.4) is 0 Å². The molecule has 0 radical (unpaired) electrons. The molecule has 2 rings (SSSR count). The van der Waals surface area contributed by atoms with Gasteiger partial charge in [-0.2, -0.15) is 0 Å². The first-order valence-electron chi connectivity index (χ1n) is 5.60. The molecule has 0 fully saturated rings. The molecule has 6 heteroatoms. The van der Waals surface area contributed by atoms with E-state index in [-0.39, 0.29) is 0 Å². The Morgan fingerprint density at radius 1 is 1.50 bits per heavy atom. The minimum Gasteiger partial charge on any atom is -0.383 e. The van der Waals surface area contributed by atoms with Crippen LogP contribution in [0.4, 0.5) is 11.6 Å². The first-order chi connectivity index (χ1) is 8.59. The predicted octanol–water partition coefficient (Wildman–Crippen LogP) is 2.95. The van der Waals surface area contributed by atoms with E-state index in [9.17, 15) is 0 Å². The van der Waals surface area contributed by atoms with Crippen LogP contribution in [0.25, 0.3) is 0 Å². The molecule has 0 aliphatic heterocycles. The van der Waals surface area contributed by atoms with Crippen LogP contribution in [0.2, 0.25) is 0 Å². The van der Waals surface area contributed by atoms with E-state index in [1.54, 1.807) is 11.3 Å². The van der Waals surface area contributed by atoms with Gasteiger partial charge in [-0.1, -0.05) is 6.07 Å². The van der Waals surface area contributed by atoms with Crippen molar-refractivity contribution in [2.75, 3.05) is 17.7 Å². The molecule has 2 N–H and O–H groups in total. The Labute approximate surface area is 119 Å². The molecule has 96 valence electrons. The highest BCUT2D eigenvalue weighted by Crippen LogP contribution is 2.28. The van der Waals surface area contributed by atoms with Crippen LogP contribution in [0, 0.1) is 0 Å². The Morgan fingerprint density at radius 3 is 2.94 bits per heavy atom. The van der Waals surface area contributed by atoms with E-state index in [0.29, 0.717) is 11.9 Å². The quantitative estimate of drug-likeness (QED) is 0.938. The van der Waals surface area contributed by atoms with Crippen molar-refractivity contribution in [2.45, 2.75) is 19.4 Å². The fourth-order valence-electron chi connectivity index (χ4n) is 1.69. The number of rotatable bonds is 4. The van der Waals surface area contributed by atoms with Crippen molar-refractivity contribution < 1.29 is 0 Å². The molecule has 0 aliphatic carbocycles. The van der Waals surface area contributed by atoms with Gasteiger partial charge < -0.3 is 10.6 Å². The average molecular weight is 327 g/mol. The third-order valence-corrected chi connectivity index (χ3v) is 4.53.